The molecule has 0 saturated carbocycles. The number of rotatable bonds is 5. The third kappa shape index (κ3) is 4.07. The van der Waals surface area contributed by atoms with Crippen LogP contribution in [0, 0.1) is 5.82 Å². The highest BCUT2D eigenvalue weighted by Gasteiger charge is 2.29. The van der Waals surface area contributed by atoms with Crippen molar-refractivity contribution in [2.24, 2.45) is 0 Å². The maximum Gasteiger partial charge on any atom is 0.251 e. The van der Waals surface area contributed by atoms with Crippen molar-refractivity contribution < 1.29 is 22.3 Å². The van der Waals surface area contributed by atoms with Crippen LogP contribution in [0.3, 0.4) is 0 Å². The highest BCUT2D eigenvalue weighted by atomic mass is 32.2. The first-order chi connectivity index (χ1) is 10.9. The first-order valence-corrected chi connectivity index (χ1v) is 8.98. The summed E-state index contributed by atoms with van der Waals surface area (Å²) in [6, 6.07) is 3.34. The quantitative estimate of drug-likeness (QED) is 0.875. The zero-order chi connectivity index (χ0) is 17.0. The van der Waals surface area contributed by atoms with E-state index in [4.69, 9.17) is 4.74 Å². The number of benzene rings is 1. The molecule has 1 aliphatic heterocycles. The smallest absolute Gasteiger partial charge is 0.251 e. The van der Waals surface area contributed by atoms with Gasteiger partial charge in [-0.1, -0.05) is 6.92 Å². The number of carbonyl (C=O) groups excluding carboxylic acids is 1. The van der Waals surface area contributed by atoms with Crippen molar-refractivity contribution in [3.05, 3.63) is 29.6 Å². The minimum atomic E-state index is -3.98. The number of hydrogen-bond donors (Lipinski definition) is 1. The van der Waals surface area contributed by atoms with Crippen LogP contribution in [0.1, 0.15) is 30.6 Å². The summed E-state index contributed by atoms with van der Waals surface area (Å²) < 4.78 is 45.5. The maximum atomic E-state index is 14.0. The molecule has 8 heteroatoms. The Kier molecular flexibility index (Phi) is 5.72. The van der Waals surface area contributed by atoms with Crippen molar-refractivity contribution in [2.45, 2.75) is 31.2 Å². The minimum Gasteiger partial charge on any atom is -0.379 e. The van der Waals surface area contributed by atoms with Crippen LogP contribution in [0.15, 0.2) is 23.1 Å². The number of morpholine rings is 1. The van der Waals surface area contributed by atoms with Gasteiger partial charge in [0.15, 0.2) is 0 Å². The molecular formula is C15H21FN2O4S. The van der Waals surface area contributed by atoms with Gasteiger partial charge < -0.3 is 10.1 Å². The van der Waals surface area contributed by atoms with E-state index in [9.17, 15) is 17.6 Å². The van der Waals surface area contributed by atoms with E-state index in [2.05, 4.69) is 5.32 Å². The van der Waals surface area contributed by atoms with Gasteiger partial charge in [0.05, 0.1) is 13.2 Å². The lowest BCUT2D eigenvalue weighted by atomic mass is 10.2. The van der Waals surface area contributed by atoms with Gasteiger partial charge in [-0.25, -0.2) is 12.8 Å². The van der Waals surface area contributed by atoms with E-state index in [0.717, 1.165) is 18.6 Å². The van der Waals surface area contributed by atoms with E-state index in [-0.39, 0.29) is 37.9 Å². The number of ether oxygens (including phenoxy) is 1. The molecule has 1 aromatic rings. The lowest BCUT2D eigenvalue weighted by Crippen LogP contribution is -2.41. The molecule has 1 heterocycles. The van der Waals surface area contributed by atoms with Crippen molar-refractivity contribution in [3.63, 3.8) is 0 Å². The minimum absolute atomic E-state index is 0.0492. The number of nitrogens with zero attached hydrogens (tertiary/aromatic N) is 1. The Labute approximate surface area is 135 Å². The van der Waals surface area contributed by atoms with Gasteiger partial charge in [-0.05, 0) is 31.5 Å². The fraction of sp³-hybridized carbons (Fsp3) is 0.533. The molecule has 1 amide bonds. The van der Waals surface area contributed by atoms with Crippen molar-refractivity contribution in [1.82, 2.24) is 9.62 Å². The second-order valence-corrected chi connectivity index (χ2v) is 7.35. The van der Waals surface area contributed by atoms with Crippen molar-refractivity contribution in [2.75, 3.05) is 26.3 Å². The molecule has 2 rings (SSSR count). The summed E-state index contributed by atoms with van der Waals surface area (Å²) in [7, 11) is -3.98. The number of sulfonamides is 1. The maximum absolute atomic E-state index is 14.0. The number of amides is 1. The number of carbonyl (C=O) groups is 1. The molecule has 1 aromatic carbocycles. The van der Waals surface area contributed by atoms with Gasteiger partial charge in [0.2, 0.25) is 10.0 Å². The Morgan fingerprint density at radius 1 is 1.39 bits per heavy atom. The average Bonchev–Trinajstić information content (AvgIpc) is 2.55. The zero-order valence-corrected chi connectivity index (χ0v) is 14.0. The van der Waals surface area contributed by atoms with Crippen LogP contribution in [-0.4, -0.2) is 51.0 Å². The van der Waals surface area contributed by atoms with Crippen LogP contribution in [0.2, 0.25) is 0 Å². The van der Waals surface area contributed by atoms with Crippen molar-refractivity contribution in [3.8, 4) is 0 Å². The molecule has 23 heavy (non-hydrogen) atoms. The van der Waals surface area contributed by atoms with Gasteiger partial charge in [-0.3, -0.25) is 4.79 Å². The van der Waals surface area contributed by atoms with Crippen LogP contribution in [0.25, 0.3) is 0 Å². The highest BCUT2D eigenvalue weighted by molar-refractivity contribution is 7.89. The second-order valence-electron chi connectivity index (χ2n) is 5.44. The molecule has 1 fully saturated rings. The Hall–Kier alpha value is -1.51. The lowest BCUT2D eigenvalue weighted by molar-refractivity contribution is 0.0729. The molecule has 1 saturated heterocycles. The topological polar surface area (TPSA) is 75.7 Å². The van der Waals surface area contributed by atoms with Crippen LogP contribution in [0.4, 0.5) is 4.39 Å². The van der Waals surface area contributed by atoms with E-state index in [1.807, 2.05) is 13.8 Å². The SMILES string of the molecule is CC[C@H](C)NC(=O)c1ccc(F)c(S(=O)(=O)N2CCOCC2)c1. The standard InChI is InChI=1S/C15H21FN2O4S/c1-3-11(2)17-15(19)12-4-5-13(16)14(10-12)23(20,21)18-6-8-22-9-7-18/h4-5,10-11H,3,6-9H2,1-2H3,(H,17,19)/t11-/m0/s1. The van der Waals surface area contributed by atoms with E-state index in [1.165, 1.54) is 10.4 Å². The Morgan fingerprint density at radius 3 is 2.65 bits per heavy atom. The van der Waals surface area contributed by atoms with Crippen LogP contribution in [0.5, 0.6) is 0 Å². The van der Waals surface area contributed by atoms with Gasteiger partial charge in [0, 0.05) is 24.7 Å². The fourth-order valence-electron chi connectivity index (χ4n) is 2.18. The summed E-state index contributed by atoms with van der Waals surface area (Å²) in [5.74, 6) is -1.28. The number of nitrogens with one attached hydrogen (secondary N) is 1. The van der Waals surface area contributed by atoms with Gasteiger partial charge >= 0.3 is 0 Å². The lowest BCUT2D eigenvalue weighted by Gasteiger charge is -2.26. The van der Waals surface area contributed by atoms with Gasteiger partial charge in [-0.15, -0.1) is 0 Å². The van der Waals surface area contributed by atoms with E-state index >= 15 is 0 Å². The molecule has 0 unspecified atom stereocenters. The monoisotopic (exact) mass is 344 g/mol. The predicted molar refractivity (Wildman–Crippen MR) is 83.2 cm³/mol. The Balaban J connectivity index is 2.31. The zero-order valence-electron chi connectivity index (χ0n) is 13.2. The van der Waals surface area contributed by atoms with Crippen LogP contribution >= 0.6 is 0 Å². The largest absolute Gasteiger partial charge is 0.379 e. The fourth-order valence-corrected chi connectivity index (χ4v) is 3.68. The van der Waals surface area contributed by atoms with Crippen molar-refractivity contribution in [1.29, 1.82) is 0 Å². The summed E-state index contributed by atoms with van der Waals surface area (Å²) in [5, 5.41) is 2.73. The molecule has 0 radical (unpaired) electrons. The first-order valence-electron chi connectivity index (χ1n) is 7.54. The molecular weight excluding hydrogens is 323 g/mol. The molecule has 1 atom stereocenters. The average molecular weight is 344 g/mol. The number of hydrogen-bond acceptors (Lipinski definition) is 4. The molecule has 128 valence electrons. The third-order valence-corrected chi connectivity index (χ3v) is 5.68. The third-order valence-electron chi connectivity index (χ3n) is 3.77. The van der Waals surface area contributed by atoms with E-state index < -0.39 is 26.6 Å². The van der Waals surface area contributed by atoms with Crippen LogP contribution < -0.4 is 5.32 Å². The summed E-state index contributed by atoms with van der Waals surface area (Å²) in [6.45, 7) is 4.65. The Morgan fingerprint density at radius 2 is 2.04 bits per heavy atom. The summed E-state index contributed by atoms with van der Waals surface area (Å²) >= 11 is 0. The second kappa shape index (κ2) is 7.37. The molecule has 0 bridgehead atoms. The normalized spacial score (nSPS) is 17.7. The predicted octanol–water partition coefficient (Wildman–Crippen LogP) is 1.37. The molecule has 0 aliphatic carbocycles. The molecule has 0 spiro atoms. The number of halogens is 1. The summed E-state index contributed by atoms with van der Waals surface area (Å²) in [6.07, 6.45) is 0.742. The van der Waals surface area contributed by atoms with Gasteiger partial charge in [0.25, 0.3) is 5.91 Å². The molecule has 0 aromatic heterocycles. The Bertz CT molecular complexity index is 672. The highest BCUT2D eigenvalue weighted by Crippen LogP contribution is 2.22. The van der Waals surface area contributed by atoms with E-state index in [0.29, 0.717) is 0 Å². The first kappa shape index (κ1) is 17.8. The van der Waals surface area contributed by atoms with Crippen LogP contribution in [-0.2, 0) is 14.8 Å². The van der Waals surface area contributed by atoms with Crippen molar-refractivity contribution >= 4 is 15.9 Å². The van der Waals surface area contributed by atoms with Gasteiger partial charge in [-0.2, -0.15) is 4.31 Å². The molecule has 1 N–H and O–H groups in total. The molecule has 6 nitrogen and oxygen atoms in total. The summed E-state index contributed by atoms with van der Waals surface area (Å²) in [4.78, 5) is 11.6. The van der Waals surface area contributed by atoms with Gasteiger partial charge in [0.1, 0.15) is 10.7 Å². The molecule has 1 aliphatic rings. The summed E-state index contributed by atoms with van der Waals surface area (Å²) in [5.41, 5.74) is 0.124. The van der Waals surface area contributed by atoms with E-state index in [1.54, 1.807) is 0 Å².